The molecular weight excluding hydrogens is 470 g/mol. The summed E-state index contributed by atoms with van der Waals surface area (Å²) in [6.07, 6.45) is -0.590. The standard InChI is InChI=1S/C23H43NO8.C3H6O/c1-12(2)6-7-16(31-22-21(28)19(24)20(27)14(5)30-22)9-17-8-15(25)10-23(29,32-17)11-18(26)13(3)4;1-2-3-4/h6-7,12-22,25-29H,8-11,24H2,1-5H3;3H,2H2,1H3/b7-6+;/t14?,15?,16-,17?,18+,19?,20?,21?,22?,23-;/m0./s1. The van der Waals surface area contributed by atoms with Gasteiger partial charge in [-0.3, -0.25) is 0 Å². The SMILES string of the molecule is CC(C)/C=C/[C@@H](CC1CC(O)C[C@@](O)(C[C@@H](O)C(C)C)O1)OC1OC(C)C(O)C(N)C1O.CCC=O. The molecule has 0 amide bonds. The number of nitrogens with two attached hydrogens (primary N) is 1. The Hall–Kier alpha value is -0.950. The van der Waals surface area contributed by atoms with Gasteiger partial charge >= 0.3 is 0 Å². The van der Waals surface area contributed by atoms with Crippen molar-refractivity contribution in [2.75, 3.05) is 0 Å². The Morgan fingerprint density at radius 1 is 1.14 bits per heavy atom. The molecule has 212 valence electrons. The van der Waals surface area contributed by atoms with Crippen LogP contribution in [-0.4, -0.2) is 92.7 Å². The molecule has 2 fully saturated rings. The zero-order valence-electron chi connectivity index (χ0n) is 22.6. The molecule has 2 heterocycles. The summed E-state index contributed by atoms with van der Waals surface area (Å²) in [7, 11) is 0. The monoisotopic (exact) mass is 519 g/mol. The smallest absolute Gasteiger partial charge is 0.186 e. The van der Waals surface area contributed by atoms with Crippen LogP contribution in [0.2, 0.25) is 0 Å². The van der Waals surface area contributed by atoms with E-state index < -0.39 is 60.8 Å². The Labute approximate surface area is 215 Å². The molecule has 0 aromatic rings. The molecule has 2 rings (SSSR count). The largest absolute Gasteiger partial charge is 0.393 e. The zero-order chi connectivity index (χ0) is 27.6. The fraction of sp³-hybridized carbons (Fsp3) is 0.885. The first-order chi connectivity index (χ1) is 16.7. The molecule has 0 aliphatic carbocycles. The molecule has 36 heavy (non-hydrogen) atoms. The number of hydrogen-bond donors (Lipinski definition) is 6. The number of aldehydes is 1. The first-order valence-electron chi connectivity index (χ1n) is 13.0. The van der Waals surface area contributed by atoms with Gasteiger partial charge in [0.25, 0.3) is 0 Å². The van der Waals surface area contributed by atoms with Gasteiger partial charge in [-0.25, -0.2) is 0 Å². The average Bonchev–Trinajstić information content (AvgIpc) is 2.78. The van der Waals surface area contributed by atoms with Crippen molar-refractivity contribution in [3.05, 3.63) is 12.2 Å². The van der Waals surface area contributed by atoms with Crippen LogP contribution in [0.15, 0.2) is 12.2 Å². The Kier molecular flexibility index (Phi) is 14.2. The molecule has 7 N–H and O–H groups in total. The molecule has 0 spiro atoms. The van der Waals surface area contributed by atoms with E-state index in [-0.39, 0.29) is 24.7 Å². The first kappa shape index (κ1) is 33.1. The van der Waals surface area contributed by atoms with Crippen LogP contribution in [0.3, 0.4) is 0 Å². The Morgan fingerprint density at radius 2 is 1.75 bits per heavy atom. The summed E-state index contributed by atoms with van der Waals surface area (Å²) in [5.41, 5.74) is 5.92. The second-order valence-corrected chi connectivity index (χ2v) is 10.7. The van der Waals surface area contributed by atoms with Gasteiger partial charge in [-0.15, -0.1) is 0 Å². The predicted molar refractivity (Wildman–Crippen MR) is 135 cm³/mol. The topological polar surface area (TPSA) is 172 Å². The summed E-state index contributed by atoms with van der Waals surface area (Å²) in [6.45, 7) is 11.2. The Bertz CT molecular complexity index is 661. The van der Waals surface area contributed by atoms with Crippen LogP contribution in [0.4, 0.5) is 0 Å². The minimum Gasteiger partial charge on any atom is -0.393 e. The van der Waals surface area contributed by atoms with Crippen molar-refractivity contribution < 1.29 is 44.5 Å². The van der Waals surface area contributed by atoms with Gasteiger partial charge in [0.1, 0.15) is 12.4 Å². The molecule has 0 saturated carbocycles. The third-order valence-corrected chi connectivity index (χ3v) is 6.35. The summed E-state index contributed by atoms with van der Waals surface area (Å²) in [6, 6.07) is -0.908. The van der Waals surface area contributed by atoms with Crippen molar-refractivity contribution in [2.45, 2.75) is 134 Å². The Balaban J connectivity index is 0.00000150. The van der Waals surface area contributed by atoms with Crippen LogP contribution >= 0.6 is 0 Å². The van der Waals surface area contributed by atoms with E-state index in [4.69, 9.17) is 19.9 Å². The van der Waals surface area contributed by atoms with Crippen molar-refractivity contribution in [3.8, 4) is 0 Å². The summed E-state index contributed by atoms with van der Waals surface area (Å²) in [4.78, 5) is 9.17. The maximum Gasteiger partial charge on any atom is 0.186 e. The third kappa shape index (κ3) is 10.8. The lowest BCUT2D eigenvalue weighted by molar-refractivity contribution is -0.298. The summed E-state index contributed by atoms with van der Waals surface area (Å²) in [5.74, 6) is -1.45. The summed E-state index contributed by atoms with van der Waals surface area (Å²) >= 11 is 0. The summed E-state index contributed by atoms with van der Waals surface area (Å²) in [5, 5.41) is 52.0. The highest BCUT2D eigenvalue weighted by Crippen LogP contribution is 2.34. The maximum atomic E-state index is 10.9. The van der Waals surface area contributed by atoms with Crippen molar-refractivity contribution in [2.24, 2.45) is 17.6 Å². The number of hydrogen-bond acceptors (Lipinski definition) is 10. The van der Waals surface area contributed by atoms with E-state index in [1.165, 1.54) is 0 Å². The molecule has 2 aliphatic rings. The van der Waals surface area contributed by atoms with Gasteiger partial charge in [0, 0.05) is 25.7 Å². The van der Waals surface area contributed by atoms with Crippen molar-refractivity contribution in [3.63, 3.8) is 0 Å². The number of carbonyl (C=O) groups excluding carboxylic acids is 1. The highest BCUT2D eigenvalue weighted by Gasteiger charge is 2.44. The quantitative estimate of drug-likeness (QED) is 0.181. The molecule has 0 aromatic heterocycles. The molecule has 7 unspecified atom stereocenters. The normalized spacial score (nSPS) is 37.0. The Morgan fingerprint density at radius 3 is 2.28 bits per heavy atom. The van der Waals surface area contributed by atoms with Crippen LogP contribution in [-0.2, 0) is 19.0 Å². The van der Waals surface area contributed by atoms with Crippen LogP contribution < -0.4 is 5.73 Å². The van der Waals surface area contributed by atoms with Crippen LogP contribution in [0.1, 0.15) is 73.6 Å². The molecule has 10 atom stereocenters. The first-order valence-corrected chi connectivity index (χ1v) is 13.0. The zero-order valence-corrected chi connectivity index (χ0v) is 22.6. The van der Waals surface area contributed by atoms with E-state index in [1.54, 1.807) is 6.92 Å². The van der Waals surface area contributed by atoms with Gasteiger partial charge in [0.15, 0.2) is 12.1 Å². The second kappa shape index (κ2) is 15.5. The number of aliphatic hydroxyl groups excluding tert-OH is 4. The maximum absolute atomic E-state index is 10.9. The van der Waals surface area contributed by atoms with Crippen molar-refractivity contribution >= 4 is 6.29 Å². The van der Waals surface area contributed by atoms with E-state index in [2.05, 4.69) is 0 Å². The van der Waals surface area contributed by atoms with Crippen LogP contribution in [0, 0.1) is 11.8 Å². The number of carbonyl (C=O) groups is 1. The van der Waals surface area contributed by atoms with Gasteiger partial charge < -0.3 is 50.3 Å². The minimum atomic E-state index is -1.64. The summed E-state index contributed by atoms with van der Waals surface area (Å²) < 4.78 is 17.6. The lowest BCUT2D eigenvalue weighted by Crippen LogP contribution is -2.61. The molecule has 2 saturated heterocycles. The van der Waals surface area contributed by atoms with Gasteiger partial charge in [0.2, 0.25) is 0 Å². The highest BCUT2D eigenvalue weighted by molar-refractivity contribution is 5.48. The number of ether oxygens (including phenoxy) is 3. The molecule has 0 aromatic carbocycles. The third-order valence-electron chi connectivity index (χ3n) is 6.35. The average molecular weight is 520 g/mol. The van der Waals surface area contributed by atoms with E-state index in [9.17, 15) is 30.3 Å². The number of rotatable bonds is 10. The number of aliphatic hydroxyl groups is 5. The van der Waals surface area contributed by atoms with E-state index in [0.29, 0.717) is 19.3 Å². The second-order valence-electron chi connectivity index (χ2n) is 10.7. The van der Waals surface area contributed by atoms with Gasteiger partial charge in [-0.05, 0) is 25.2 Å². The van der Waals surface area contributed by atoms with Crippen LogP contribution in [0.5, 0.6) is 0 Å². The highest BCUT2D eigenvalue weighted by atomic mass is 16.7. The van der Waals surface area contributed by atoms with E-state index >= 15 is 0 Å². The minimum absolute atomic E-state index is 0.000288. The van der Waals surface area contributed by atoms with Crippen LogP contribution in [0.25, 0.3) is 0 Å². The lowest BCUT2D eigenvalue weighted by Gasteiger charge is -2.43. The molecular formula is C26H49NO9. The van der Waals surface area contributed by atoms with E-state index in [0.717, 1.165) is 6.29 Å². The molecule has 10 nitrogen and oxygen atoms in total. The van der Waals surface area contributed by atoms with E-state index in [1.807, 2.05) is 46.8 Å². The van der Waals surface area contributed by atoms with Gasteiger partial charge in [0.05, 0.1) is 42.7 Å². The number of allylic oxidation sites excluding steroid dienone is 1. The van der Waals surface area contributed by atoms with Gasteiger partial charge in [-0.1, -0.05) is 46.8 Å². The van der Waals surface area contributed by atoms with Crippen molar-refractivity contribution in [1.82, 2.24) is 0 Å². The predicted octanol–water partition coefficient (Wildman–Crippen LogP) is 0.999. The fourth-order valence-corrected chi connectivity index (χ4v) is 4.14. The molecule has 0 bridgehead atoms. The molecule has 10 heteroatoms. The molecule has 2 aliphatic heterocycles. The lowest BCUT2D eigenvalue weighted by atomic mass is 9.89. The van der Waals surface area contributed by atoms with Crippen molar-refractivity contribution in [1.29, 1.82) is 0 Å². The molecule has 0 radical (unpaired) electrons. The fourth-order valence-electron chi connectivity index (χ4n) is 4.14. The van der Waals surface area contributed by atoms with Gasteiger partial charge in [-0.2, -0.15) is 0 Å².